The fourth-order valence-corrected chi connectivity index (χ4v) is 0.777. The lowest BCUT2D eigenvalue weighted by atomic mass is 10.4. The van der Waals surface area contributed by atoms with E-state index >= 15 is 0 Å². The molecular formula is C8H16N. The molecule has 0 unspecified atom stereocenters. The van der Waals surface area contributed by atoms with E-state index in [0.717, 1.165) is 26.1 Å². The Bertz CT molecular complexity index is 65.0. The van der Waals surface area contributed by atoms with E-state index < -0.39 is 0 Å². The molecule has 0 saturated heterocycles. The molecular weight excluding hydrogens is 110 g/mol. The molecule has 0 atom stereocenters. The smallest absolute Gasteiger partial charge is 0.00215 e. The maximum atomic E-state index is 3.55. The van der Waals surface area contributed by atoms with Crippen molar-refractivity contribution in [3.05, 3.63) is 12.7 Å². The van der Waals surface area contributed by atoms with Crippen molar-refractivity contribution in [2.24, 2.45) is 0 Å². The Morgan fingerprint density at radius 2 is 1.89 bits per heavy atom. The minimum atomic E-state index is 0.988. The molecule has 0 aromatic rings. The van der Waals surface area contributed by atoms with Gasteiger partial charge in [0.2, 0.25) is 0 Å². The summed E-state index contributed by atoms with van der Waals surface area (Å²) in [6.45, 7) is 11.3. The molecule has 0 rings (SSSR count). The van der Waals surface area contributed by atoms with Crippen molar-refractivity contribution >= 4 is 0 Å². The van der Waals surface area contributed by atoms with Crippen LogP contribution in [-0.2, 0) is 0 Å². The zero-order chi connectivity index (χ0) is 7.11. The maximum absolute atomic E-state index is 3.55. The molecule has 0 aliphatic heterocycles. The van der Waals surface area contributed by atoms with Gasteiger partial charge in [-0.25, -0.2) is 0 Å². The summed E-state index contributed by atoms with van der Waals surface area (Å²) >= 11 is 0. The second-order valence-corrected chi connectivity index (χ2v) is 2.03. The van der Waals surface area contributed by atoms with Crippen molar-refractivity contribution in [2.45, 2.75) is 20.3 Å². The lowest BCUT2D eigenvalue weighted by Crippen LogP contribution is -2.23. The summed E-state index contributed by atoms with van der Waals surface area (Å²) in [5.41, 5.74) is 0. The Morgan fingerprint density at radius 1 is 1.33 bits per heavy atom. The summed E-state index contributed by atoms with van der Waals surface area (Å²) in [6, 6.07) is 0. The molecule has 0 amide bonds. The first-order valence-corrected chi connectivity index (χ1v) is 3.57. The van der Waals surface area contributed by atoms with Gasteiger partial charge in [0.15, 0.2) is 0 Å². The summed E-state index contributed by atoms with van der Waals surface area (Å²) in [5.74, 6) is 0. The zero-order valence-corrected chi connectivity index (χ0v) is 6.48. The Morgan fingerprint density at radius 3 is 2.22 bits per heavy atom. The molecule has 0 aromatic carbocycles. The van der Waals surface area contributed by atoms with Crippen LogP contribution >= 0.6 is 0 Å². The molecule has 0 saturated carbocycles. The third kappa shape index (κ3) is 4.22. The topological polar surface area (TPSA) is 3.24 Å². The van der Waals surface area contributed by atoms with Crippen LogP contribution in [0.2, 0.25) is 0 Å². The number of nitrogens with zero attached hydrogens (tertiary/aromatic N) is 1. The van der Waals surface area contributed by atoms with E-state index in [2.05, 4.69) is 31.4 Å². The molecule has 0 spiro atoms. The van der Waals surface area contributed by atoms with Gasteiger partial charge in [-0.3, -0.25) is 0 Å². The van der Waals surface area contributed by atoms with Crippen LogP contribution in [0.1, 0.15) is 20.3 Å². The van der Waals surface area contributed by atoms with Gasteiger partial charge in [0, 0.05) is 6.54 Å². The van der Waals surface area contributed by atoms with Gasteiger partial charge in [-0.05, 0) is 19.5 Å². The summed E-state index contributed by atoms with van der Waals surface area (Å²) in [6.07, 6.45) is 3.86. The van der Waals surface area contributed by atoms with Crippen molar-refractivity contribution in [3.63, 3.8) is 0 Å². The van der Waals surface area contributed by atoms with Crippen molar-refractivity contribution < 1.29 is 0 Å². The Labute approximate surface area is 58.4 Å². The van der Waals surface area contributed by atoms with Gasteiger partial charge < -0.3 is 4.90 Å². The average molecular weight is 126 g/mol. The Kier molecular flexibility index (Phi) is 5.64. The standard InChI is InChI=1S/C8H16N/c1-4-7-8-9(5-2)6-3/h1,5-8H2,2-3H3. The molecule has 1 heteroatoms. The number of hydrogen-bond donors (Lipinski definition) is 0. The highest BCUT2D eigenvalue weighted by atomic mass is 15.1. The maximum Gasteiger partial charge on any atom is 0.00215 e. The van der Waals surface area contributed by atoms with Gasteiger partial charge in [0.25, 0.3) is 0 Å². The molecule has 0 bridgehead atoms. The highest BCUT2D eigenvalue weighted by molar-refractivity contribution is 4.59. The van der Waals surface area contributed by atoms with Crippen LogP contribution in [0.25, 0.3) is 0 Å². The van der Waals surface area contributed by atoms with E-state index in [4.69, 9.17) is 0 Å². The van der Waals surface area contributed by atoms with Gasteiger partial charge in [-0.15, -0.1) is 0 Å². The first-order chi connectivity index (χ1) is 4.35. The molecule has 0 fully saturated rings. The van der Waals surface area contributed by atoms with E-state index in [9.17, 15) is 0 Å². The average Bonchev–Trinajstić information content (AvgIpc) is 1.91. The summed E-state index contributed by atoms with van der Waals surface area (Å²) in [7, 11) is 0. The van der Waals surface area contributed by atoms with Crippen LogP contribution in [0.4, 0.5) is 0 Å². The Balaban J connectivity index is 3.19. The largest absolute Gasteiger partial charge is 0.304 e. The number of rotatable bonds is 5. The lowest BCUT2D eigenvalue weighted by molar-refractivity contribution is 0.309. The van der Waals surface area contributed by atoms with Gasteiger partial charge in [0.05, 0.1) is 0 Å². The predicted molar refractivity (Wildman–Crippen MR) is 41.3 cm³/mol. The molecule has 0 aromatic heterocycles. The second kappa shape index (κ2) is 5.83. The SMILES string of the molecule is C=[C]CCN(CC)CC. The minimum Gasteiger partial charge on any atom is -0.304 e. The van der Waals surface area contributed by atoms with Gasteiger partial charge >= 0.3 is 0 Å². The molecule has 9 heavy (non-hydrogen) atoms. The third-order valence-corrected chi connectivity index (χ3v) is 1.50. The third-order valence-electron chi connectivity index (χ3n) is 1.50. The van der Waals surface area contributed by atoms with E-state index in [1.54, 1.807) is 0 Å². The van der Waals surface area contributed by atoms with Crippen LogP contribution in [0.15, 0.2) is 6.58 Å². The molecule has 0 heterocycles. The van der Waals surface area contributed by atoms with Gasteiger partial charge in [-0.1, -0.05) is 26.5 Å². The van der Waals surface area contributed by atoms with Crippen molar-refractivity contribution in [3.8, 4) is 0 Å². The van der Waals surface area contributed by atoms with Crippen molar-refractivity contribution in [1.29, 1.82) is 0 Å². The van der Waals surface area contributed by atoms with Crippen molar-refractivity contribution in [1.82, 2.24) is 4.90 Å². The normalized spacial score (nSPS) is 10.1. The van der Waals surface area contributed by atoms with E-state index in [1.807, 2.05) is 0 Å². The van der Waals surface area contributed by atoms with E-state index in [0.29, 0.717) is 0 Å². The quantitative estimate of drug-likeness (QED) is 0.542. The monoisotopic (exact) mass is 126 g/mol. The highest BCUT2D eigenvalue weighted by Gasteiger charge is 1.93. The fraction of sp³-hybridized carbons (Fsp3) is 0.750. The van der Waals surface area contributed by atoms with Crippen LogP contribution in [0.5, 0.6) is 0 Å². The van der Waals surface area contributed by atoms with Crippen molar-refractivity contribution in [2.75, 3.05) is 19.6 Å². The number of hydrogen-bond acceptors (Lipinski definition) is 1. The van der Waals surface area contributed by atoms with Gasteiger partial charge in [0.1, 0.15) is 0 Å². The fourth-order valence-electron chi connectivity index (χ4n) is 0.777. The molecule has 0 aliphatic rings. The molecule has 0 N–H and O–H groups in total. The van der Waals surface area contributed by atoms with Gasteiger partial charge in [-0.2, -0.15) is 0 Å². The lowest BCUT2D eigenvalue weighted by Gasteiger charge is -2.15. The first kappa shape index (κ1) is 8.70. The summed E-state index contributed by atoms with van der Waals surface area (Å²) in [4.78, 5) is 2.36. The molecule has 1 nitrogen and oxygen atoms in total. The van der Waals surface area contributed by atoms with E-state index in [1.165, 1.54) is 0 Å². The van der Waals surface area contributed by atoms with Crippen LogP contribution < -0.4 is 0 Å². The first-order valence-electron chi connectivity index (χ1n) is 3.57. The Hall–Kier alpha value is -0.300. The summed E-state index contributed by atoms with van der Waals surface area (Å²) < 4.78 is 0. The van der Waals surface area contributed by atoms with E-state index in [-0.39, 0.29) is 0 Å². The van der Waals surface area contributed by atoms with Crippen LogP contribution in [-0.4, -0.2) is 24.5 Å². The molecule has 53 valence electrons. The summed E-state index contributed by atoms with van der Waals surface area (Å²) in [5, 5.41) is 0. The molecule has 1 radical (unpaired) electrons. The highest BCUT2D eigenvalue weighted by Crippen LogP contribution is 1.88. The molecule has 0 aliphatic carbocycles. The minimum absolute atomic E-state index is 0.988. The second-order valence-electron chi connectivity index (χ2n) is 2.03. The van der Waals surface area contributed by atoms with Crippen LogP contribution in [0, 0.1) is 6.08 Å². The van der Waals surface area contributed by atoms with Crippen LogP contribution in [0.3, 0.4) is 0 Å². The predicted octanol–water partition coefficient (Wildman–Crippen LogP) is 1.71. The zero-order valence-electron chi connectivity index (χ0n) is 6.48.